The lowest BCUT2D eigenvalue weighted by atomic mass is 10.1. The molecule has 8 heteroatoms. The Morgan fingerprint density at radius 1 is 1.38 bits per heavy atom. The van der Waals surface area contributed by atoms with Crippen molar-refractivity contribution < 1.29 is 18.9 Å². The van der Waals surface area contributed by atoms with E-state index in [-0.39, 0.29) is 28.7 Å². The molecule has 24 heavy (non-hydrogen) atoms. The van der Waals surface area contributed by atoms with Crippen molar-refractivity contribution in [1.82, 2.24) is 4.90 Å². The molecule has 1 heterocycles. The summed E-state index contributed by atoms with van der Waals surface area (Å²) in [5, 5.41) is 11.0. The second-order valence-corrected chi connectivity index (χ2v) is 5.56. The first-order valence-electron chi connectivity index (χ1n) is 7.20. The van der Waals surface area contributed by atoms with Gasteiger partial charge in [0, 0.05) is 25.3 Å². The number of nitro groups is 1. The van der Waals surface area contributed by atoms with Crippen LogP contribution in [0.3, 0.4) is 0 Å². The molecule has 0 radical (unpaired) electrons. The molecule has 0 N–H and O–H groups in total. The van der Waals surface area contributed by atoms with E-state index in [2.05, 4.69) is 0 Å². The van der Waals surface area contributed by atoms with Crippen molar-refractivity contribution in [2.45, 2.75) is 13.5 Å². The standard InChI is InChI=1S/C16H17ClN2O5/c1-11-3-5-13(24-11)10-18(7-8-23-2)16(20)12-4-6-14(17)15(9-12)19(21)22/h3-6,9H,7-8,10H2,1-2H3. The third-order valence-corrected chi connectivity index (χ3v) is 3.70. The molecule has 2 rings (SSSR count). The molecule has 1 aromatic carbocycles. The lowest BCUT2D eigenvalue weighted by Gasteiger charge is -2.21. The molecule has 2 aromatic rings. The average molecular weight is 353 g/mol. The molecule has 1 aromatic heterocycles. The van der Waals surface area contributed by atoms with E-state index < -0.39 is 4.92 Å². The van der Waals surface area contributed by atoms with Crippen molar-refractivity contribution in [3.8, 4) is 0 Å². The van der Waals surface area contributed by atoms with E-state index in [4.69, 9.17) is 20.8 Å². The number of furan rings is 1. The molecule has 0 spiro atoms. The smallest absolute Gasteiger partial charge is 0.288 e. The molecule has 7 nitrogen and oxygen atoms in total. The van der Waals surface area contributed by atoms with E-state index in [1.807, 2.05) is 6.92 Å². The number of carbonyl (C=O) groups excluding carboxylic acids is 1. The van der Waals surface area contributed by atoms with E-state index in [9.17, 15) is 14.9 Å². The maximum atomic E-state index is 12.7. The number of aryl methyl sites for hydroxylation is 1. The number of ether oxygens (including phenoxy) is 1. The first-order chi connectivity index (χ1) is 11.4. The fraction of sp³-hybridized carbons (Fsp3) is 0.312. The van der Waals surface area contributed by atoms with Gasteiger partial charge >= 0.3 is 0 Å². The number of hydrogen-bond donors (Lipinski definition) is 0. The predicted molar refractivity (Wildman–Crippen MR) is 88.2 cm³/mol. The van der Waals surface area contributed by atoms with Gasteiger partial charge in [-0.2, -0.15) is 0 Å². The van der Waals surface area contributed by atoms with Crippen LogP contribution < -0.4 is 0 Å². The highest BCUT2D eigenvalue weighted by Gasteiger charge is 2.21. The number of hydrogen-bond acceptors (Lipinski definition) is 5. The van der Waals surface area contributed by atoms with Gasteiger partial charge in [0.15, 0.2) is 0 Å². The fourth-order valence-corrected chi connectivity index (χ4v) is 2.37. The normalized spacial score (nSPS) is 10.6. The molecule has 0 saturated carbocycles. The van der Waals surface area contributed by atoms with Crippen molar-refractivity contribution in [2.24, 2.45) is 0 Å². The van der Waals surface area contributed by atoms with Gasteiger partial charge in [-0.05, 0) is 31.2 Å². The van der Waals surface area contributed by atoms with Gasteiger partial charge in [0.1, 0.15) is 16.5 Å². The molecule has 0 unspecified atom stereocenters. The second kappa shape index (κ2) is 7.94. The highest BCUT2D eigenvalue weighted by atomic mass is 35.5. The van der Waals surface area contributed by atoms with Crippen LogP contribution in [-0.4, -0.2) is 36.0 Å². The van der Waals surface area contributed by atoms with E-state index >= 15 is 0 Å². The fourth-order valence-electron chi connectivity index (χ4n) is 2.18. The first kappa shape index (κ1) is 18.0. The second-order valence-electron chi connectivity index (χ2n) is 5.16. The summed E-state index contributed by atoms with van der Waals surface area (Å²) in [5.41, 5.74) is -0.117. The number of nitro benzene ring substituents is 1. The van der Waals surface area contributed by atoms with E-state index in [0.29, 0.717) is 18.9 Å². The van der Waals surface area contributed by atoms with Crippen molar-refractivity contribution >= 4 is 23.2 Å². The lowest BCUT2D eigenvalue weighted by Crippen LogP contribution is -2.33. The number of amides is 1. The van der Waals surface area contributed by atoms with Gasteiger partial charge in [-0.1, -0.05) is 11.6 Å². The highest BCUT2D eigenvalue weighted by molar-refractivity contribution is 6.32. The van der Waals surface area contributed by atoms with Crippen LogP contribution in [0.5, 0.6) is 0 Å². The minimum absolute atomic E-state index is 0.0124. The van der Waals surface area contributed by atoms with Crippen LogP contribution in [0.25, 0.3) is 0 Å². The summed E-state index contributed by atoms with van der Waals surface area (Å²) in [5.74, 6) is 1.01. The summed E-state index contributed by atoms with van der Waals surface area (Å²) in [6.45, 7) is 2.71. The summed E-state index contributed by atoms with van der Waals surface area (Å²) >= 11 is 5.79. The molecule has 128 valence electrons. The number of carbonyl (C=O) groups is 1. The quantitative estimate of drug-likeness (QED) is 0.562. The van der Waals surface area contributed by atoms with Gasteiger partial charge in [0.05, 0.1) is 18.1 Å². The Balaban J connectivity index is 2.26. The third-order valence-electron chi connectivity index (χ3n) is 3.39. The maximum Gasteiger partial charge on any atom is 0.288 e. The molecule has 0 saturated heterocycles. The number of benzene rings is 1. The van der Waals surface area contributed by atoms with Gasteiger partial charge in [-0.15, -0.1) is 0 Å². The van der Waals surface area contributed by atoms with Gasteiger partial charge in [0.2, 0.25) is 0 Å². The third kappa shape index (κ3) is 4.33. The van der Waals surface area contributed by atoms with Crippen LogP contribution in [0.15, 0.2) is 34.7 Å². The van der Waals surface area contributed by atoms with Crippen molar-refractivity contribution in [1.29, 1.82) is 0 Å². The zero-order chi connectivity index (χ0) is 17.7. The minimum atomic E-state index is -0.617. The summed E-state index contributed by atoms with van der Waals surface area (Å²) < 4.78 is 10.5. The Labute approximate surface area is 143 Å². The maximum absolute atomic E-state index is 12.7. The van der Waals surface area contributed by atoms with Crippen molar-refractivity contribution in [3.63, 3.8) is 0 Å². The predicted octanol–water partition coefficient (Wildman–Crippen LogP) is 3.44. The van der Waals surface area contributed by atoms with Crippen LogP contribution in [0, 0.1) is 17.0 Å². The molecule has 0 bridgehead atoms. The molecule has 0 aliphatic heterocycles. The van der Waals surface area contributed by atoms with E-state index in [1.165, 1.54) is 30.2 Å². The Hall–Kier alpha value is -2.38. The van der Waals surface area contributed by atoms with Gasteiger partial charge in [-0.3, -0.25) is 14.9 Å². The molecule has 0 aliphatic carbocycles. The summed E-state index contributed by atoms with van der Waals surface area (Å²) in [4.78, 5) is 24.6. The Morgan fingerprint density at radius 3 is 2.71 bits per heavy atom. The Kier molecular flexibility index (Phi) is 5.94. The number of rotatable bonds is 7. The molecule has 0 atom stereocenters. The van der Waals surface area contributed by atoms with Gasteiger partial charge < -0.3 is 14.1 Å². The van der Waals surface area contributed by atoms with Crippen LogP contribution in [0.1, 0.15) is 21.9 Å². The monoisotopic (exact) mass is 352 g/mol. The van der Waals surface area contributed by atoms with E-state index in [1.54, 1.807) is 12.1 Å². The van der Waals surface area contributed by atoms with Crippen molar-refractivity contribution in [2.75, 3.05) is 20.3 Å². The van der Waals surface area contributed by atoms with Crippen LogP contribution >= 0.6 is 11.6 Å². The number of nitrogens with zero attached hydrogens (tertiary/aromatic N) is 2. The zero-order valence-corrected chi connectivity index (χ0v) is 14.1. The lowest BCUT2D eigenvalue weighted by molar-refractivity contribution is -0.384. The van der Waals surface area contributed by atoms with Crippen LogP contribution in [-0.2, 0) is 11.3 Å². The zero-order valence-electron chi connectivity index (χ0n) is 13.3. The van der Waals surface area contributed by atoms with Crippen LogP contribution in [0.4, 0.5) is 5.69 Å². The Bertz CT molecular complexity index is 744. The van der Waals surface area contributed by atoms with Crippen LogP contribution in [0.2, 0.25) is 5.02 Å². The molecule has 1 amide bonds. The summed E-state index contributed by atoms with van der Waals surface area (Å²) in [6, 6.07) is 7.58. The number of methoxy groups -OCH3 is 1. The Morgan fingerprint density at radius 2 is 2.12 bits per heavy atom. The topological polar surface area (TPSA) is 85.8 Å². The summed E-state index contributed by atoms with van der Waals surface area (Å²) in [6.07, 6.45) is 0. The molecule has 0 aliphatic rings. The SMILES string of the molecule is COCCN(Cc1ccc(C)o1)C(=O)c1ccc(Cl)c([N+](=O)[O-])c1. The van der Waals surface area contributed by atoms with E-state index in [0.717, 1.165) is 5.76 Å². The summed E-state index contributed by atoms with van der Waals surface area (Å²) in [7, 11) is 1.53. The minimum Gasteiger partial charge on any atom is -0.464 e. The highest BCUT2D eigenvalue weighted by Crippen LogP contribution is 2.26. The van der Waals surface area contributed by atoms with Gasteiger partial charge in [-0.25, -0.2) is 0 Å². The molecular weight excluding hydrogens is 336 g/mol. The molecule has 0 fully saturated rings. The first-order valence-corrected chi connectivity index (χ1v) is 7.57. The largest absolute Gasteiger partial charge is 0.464 e. The molecular formula is C16H17ClN2O5. The van der Waals surface area contributed by atoms with Gasteiger partial charge in [0.25, 0.3) is 11.6 Å². The average Bonchev–Trinajstić information content (AvgIpc) is 2.96. The number of halogens is 1. The van der Waals surface area contributed by atoms with Crippen molar-refractivity contribution in [3.05, 3.63) is 62.6 Å².